The van der Waals surface area contributed by atoms with Crippen molar-refractivity contribution < 1.29 is 9.53 Å². The lowest BCUT2D eigenvalue weighted by molar-refractivity contribution is -0.0292. The average Bonchev–Trinajstić information content (AvgIpc) is 3.21. The molecule has 1 unspecified atom stereocenters. The molecule has 0 bridgehead atoms. The second-order valence-corrected chi connectivity index (χ2v) is 9.83. The summed E-state index contributed by atoms with van der Waals surface area (Å²) in [7, 11) is 0. The summed E-state index contributed by atoms with van der Waals surface area (Å²) in [5, 5.41) is 3.49. The number of H-pyrrole nitrogens is 1. The quantitative estimate of drug-likeness (QED) is 0.416. The Morgan fingerprint density at radius 3 is 2.60 bits per heavy atom. The number of aryl methyl sites for hydroxylation is 1. The van der Waals surface area contributed by atoms with Crippen molar-refractivity contribution in [1.29, 1.82) is 0 Å². The van der Waals surface area contributed by atoms with Crippen molar-refractivity contribution >= 4 is 27.5 Å². The third-order valence-electron chi connectivity index (χ3n) is 6.23. The molecule has 1 atom stereocenters. The van der Waals surface area contributed by atoms with Crippen LogP contribution in [0, 0.1) is 6.92 Å². The second kappa shape index (κ2) is 10.5. The van der Waals surface area contributed by atoms with Crippen molar-refractivity contribution in [3.63, 3.8) is 0 Å². The van der Waals surface area contributed by atoms with Crippen LogP contribution in [0.4, 0.5) is 0 Å². The van der Waals surface area contributed by atoms with Gasteiger partial charge in [-0.3, -0.25) is 14.5 Å². The molecule has 0 radical (unpaired) electrons. The van der Waals surface area contributed by atoms with Crippen molar-refractivity contribution in [3.05, 3.63) is 98.4 Å². The number of nitrogens with one attached hydrogen (secondary N) is 2. The van der Waals surface area contributed by atoms with Crippen molar-refractivity contribution in [2.24, 2.45) is 0 Å². The Bertz CT molecular complexity index is 1370. The first-order valence-electron chi connectivity index (χ1n) is 11.8. The number of ether oxygens (including phenoxy) is 1. The smallest absolute Gasteiger partial charge is 0.261 e. The van der Waals surface area contributed by atoms with Crippen LogP contribution in [-0.2, 0) is 17.7 Å². The lowest BCUT2D eigenvalue weighted by atomic mass is 10.1. The van der Waals surface area contributed by atoms with E-state index in [0.29, 0.717) is 46.1 Å². The first-order valence-corrected chi connectivity index (χ1v) is 12.6. The molecule has 0 spiro atoms. The van der Waals surface area contributed by atoms with Gasteiger partial charge < -0.3 is 15.0 Å². The largest absolute Gasteiger partial charge is 0.374 e. The maximum absolute atomic E-state index is 13.0. The van der Waals surface area contributed by atoms with Crippen LogP contribution in [0.15, 0.2) is 65.5 Å². The zero-order valence-corrected chi connectivity index (χ0v) is 20.4. The highest BCUT2D eigenvalue weighted by atomic mass is 32.1. The number of hydrogen-bond acceptors (Lipinski definition) is 6. The van der Waals surface area contributed by atoms with Crippen LogP contribution in [0.1, 0.15) is 32.2 Å². The third kappa shape index (κ3) is 5.51. The number of amides is 1. The van der Waals surface area contributed by atoms with Gasteiger partial charge in [-0.1, -0.05) is 60.7 Å². The monoisotopic (exact) mass is 488 g/mol. The fraction of sp³-hybridized carbons (Fsp3) is 0.296. The molecule has 1 aliphatic rings. The Morgan fingerprint density at radius 1 is 1.14 bits per heavy atom. The molecule has 1 fully saturated rings. The van der Waals surface area contributed by atoms with Crippen LogP contribution in [0.5, 0.6) is 0 Å². The number of rotatable bonds is 7. The molecule has 180 valence electrons. The van der Waals surface area contributed by atoms with E-state index in [2.05, 4.69) is 32.3 Å². The summed E-state index contributed by atoms with van der Waals surface area (Å²) in [4.78, 5) is 36.8. The number of thiophene rings is 1. The van der Waals surface area contributed by atoms with E-state index in [4.69, 9.17) is 4.74 Å². The van der Waals surface area contributed by atoms with Gasteiger partial charge in [0.15, 0.2) is 0 Å². The van der Waals surface area contributed by atoms with Crippen molar-refractivity contribution in [2.75, 3.05) is 26.2 Å². The number of nitrogens with zero attached hydrogens (tertiary/aromatic N) is 2. The highest BCUT2D eigenvalue weighted by molar-refractivity contribution is 7.20. The summed E-state index contributed by atoms with van der Waals surface area (Å²) >= 11 is 1.27. The van der Waals surface area contributed by atoms with Gasteiger partial charge >= 0.3 is 0 Å². The van der Waals surface area contributed by atoms with Gasteiger partial charge in [0.25, 0.3) is 11.5 Å². The van der Waals surface area contributed by atoms with Gasteiger partial charge in [-0.2, -0.15) is 0 Å². The predicted octanol–water partition coefficient (Wildman–Crippen LogP) is 3.51. The minimum absolute atomic E-state index is 0.0786. The number of aromatic amines is 1. The number of aromatic nitrogens is 2. The SMILES string of the molecule is Cc1c(C(=O)NCC2CN(Cc3ccccc3)CCO2)sc2nc(Cc3ccccc3)[nH]c(=O)c12. The summed E-state index contributed by atoms with van der Waals surface area (Å²) in [5.74, 6) is 0.398. The van der Waals surface area contributed by atoms with E-state index in [1.54, 1.807) is 6.92 Å². The molecule has 1 aliphatic heterocycles. The highest BCUT2D eigenvalue weighted by Gasteiger charge is 2.23. The van der Waals surface area contributed by atoms with Gasteiger partial charge in [0, 0.05) is 32.6 Å². The first-order chi connectivity index (χ1) is 17.1. The van der Waals surface area contributed by atoms with Crippen molar-refractivity contribution in [1.82, 2.24) is 20.2 Å². The Morgan fingerprint density at radius 2 is 1.86 bits per heavy atom. The van der Waals surface area contributed by atoms with E-state index >= 15 is 0 Å². The van der Waals surface area contributed by atoms with Crippen LogP contribution in [0.2, 0.25) is 0 Å². The van der Waals surface area contributed by atoms with Crippen LogP contribution in [0.3, 0.4) is 0 Å². The van der Waals surface area contributed by atoms with Gasteiger partial charge in [-0.15, -0.1) is 11.3 Å². The molecule has 5 rings (SSSR count). The summed E-state index contributed by atoms with van der Waals surface area (Å²) in [5.41, 5.74) is 2.79. The van der Waals surface area contributed by atoms with Crippen molar-refractivity contribution in [2.45, 2.75) is 26.0 Å². The topological polar surface area (TPSA) is 87.3 Å². The number of hydrogen-bond donors (Lipinski definition) is 2. The fourth-order valence-corrected chi connectivity index (χ4v) is 5.57. The first kappa shape index (κ1) is 23.4. The van der Waals surface area contributed by atoms with Crippen molar-refractivity contribution in [3.8, 4) is 0 Å². The Hall–Kier alpha value is -3.33. The Balaban J connectivity index is 1.25. The fourth-order valence-electron chi connectivity index (χ4n) is 4.45. The molecule has 35 heavy (non-hydrogen) atoms. The third-order valence-corrected chi connectivity index (χ3v) is 7.42. The standard InChI is InChI=1S/C27H28N4O3S/c1-18-23-25(32)29-22(14-19-8-4-2-5-9-19)30-27(23)35-24(18)26(33)28-15-21-17-31(12-13-34-21)16-20-10-6-3-7-11-20/h2-11,21H,12-17H2,1H3,(H,28,33)(H,29,30,32). The molecule has 1 saturated heterocycles. The number of fused-ring (bicyclic) bond motifs is 1. The molecule has 3 heterocycles. The molecular formula is C27H28N4O3S. The zero-order valence-electron chi connectivity index (χ0n) is 19.6. The highest BCUT2D eigenvalue weighted by Crippen LogP contribution is 2.27. The van der Waals surface area contributed by atoms with Gasteiger partial charge in [0.2, 0.25) is 0 Å². The van der Waals surface area contributed by atoms with Crippen LogP contribution < -0.4 is 10.9 Å². The molecule has 2 aromatic heterocycles. The minimum atomic E-state index is -0.208. The molecule has 0 aliphatic carbocycles. The normalized spacial score (nSPS) is 16.4. The van der Waals surface area contributed by atoms with Crippen LogP contribution >= 0.6 is 11.3 Å². The maximum Gasteiger partial charge on any atom is 0.261 e. The van der Waals surface area contributed by atoms with E-state index < -0.39 is 0 Å². The van der Waals surface area contributed by atoms with Gasteiger partial charge in [0.1, 0.15) is 10.7 Å². The van der Waals surface area contributed by atoms with Gasteiger partial charge in [-0.05, 0) is 23.6 Å². The molecule has 2 N–H and O–H groups in total. The van der Waals surface area contributed by atoms with Crippen LogP contribution in [-0.4, -0.2) is 53.1 Å². The maximum atomic E-state index is 13.0. The van der Waals surface area contributed by atoms with Gasteiger partial charge in [0.05, 0.1) is 23.0 Å². The van der Waals surface area contributed by atoms with E-state index in [9.17, 15) is 9.59 Å². The summed E-state index contributed by atoms with van der Waals surface area (Å²) in [6, 6.07) is 20.2. The zero-order chi connectivity index (χ0) is 24.2. The average molecular weight is 489 g/mol. The van der Waals surface area contributed by atoms with E-state index in [0.717, 1.165) is 25.2 Å². The number of carbonyl (C=O) groups excluding carboxylic acids is 1. The van der Waals surface area contributed by atoms with E-state index in [1.807, 2.05) is 48.5 Å². The number of carbonyl (C=O) groups is 1. The molecule has 8 heteroatoms. The van der Waals surface area contributed by atoms with E-state index in [1.165, 1.54) is 16.9 Å². The molecule has 2 aromatic carbocycles. The minimum Gasteiger partial charge on any atom is -0.374 e. The van der Waals surface area contributed by atoms with Gasteiger partial charge in [-0.25, -0.2) is 4.98 Å². The van der Waals surface area contributed by atoms with E-state index in [-0.39, 0.29) is 17.6 Å². The summed E-state index contributed by atoms with van der Waals surface area (Å²) < 4.78 is 5.89. The molecule has 1 amide bonds. The molecule has 7 nitrogen and oxygen atoms in total. The Kier molecular flexibility index (Phi) is 7.03. The van der Waals surface area contributed by atoms with Crippen LogP contribution in [0.25, 0.3) is 10.2 Å². The molecule has 0 saturated carbocycles. The molecular weight excluding hydrogens is 460 g/mol. The number of morpholine rings is 1. The lowest BCUT2D eigenvalue weighted by Crippen LogP contribution is -2.47. The predicted molar refractivity (Wildman–Crippen MR) is 138 cm³/mol. The molecule has 4 aromatic rings. The lowest BCUT2D eigenvalue weighted by Gasteiger charge is -2.33. The number of benzene rings is 2. The summed E-state index contributed by atoms with van der Waals surface area (Å²) in [6.07, 6.45) is 0.452. The summed E-state index contributed by atoms with van der Waals surface area (Å²) in [6.45, 7) is 5.35. The Labute approximate surface area is 207 Å². The second-order valence-electron chi connectivity index (χ2n) is 8.83.